The van der Waals surface area contributed by atoms with Gasteiger partial charge in [0, 0.05) is 29.3 Å². The quantitative estimate of drug-likeness (QED) is 0.925. The first-order chi connectivity index (χ1) is 8.06. The first-order valence-electron chi connectivity index (χ1n) is 5.13. The molecule has 2 aromatic rings. The van der Waals surface area contributed by atoms with E-state index in [-0.39, 0.29) is 5.91 Å². The molecule has 4 nitrogen and oxygen atoms in total. The molecule has 17 heavy (non-hydrogen) atoms. The molecule has 0 saturated heterocycles. The van der Waals surface area contributed by atoms with Crippen LogP contribution in [0.2, 0.25) is 0 Å². The number of carbonyl (C=O) groups is 1. The number of hydrogen-bond acceptors (Lipinski definition) is 2. The lowest BCUT2D eigenvalue weighted by atomic mass is 10.1. The number of rotatable bonds is 2. The smallest absolute Gasteiger partial charge is 0.257 e. The van der Waals surface area contributed by atoms with Gasteiger partial charge in [-0.05, 0) is 24.6 Å². The van der Waals surface area contributed by atoms with Crippen molar-refractivity contribution in [2.24, 2.45) is 7.05 Å². The average Bonchev–Trinajstić information content (AvgIpc) is 2.67. The minimum Gasteiger partial charge on any atom is -0.305 e. The maximum Gasteiger partial charge on any atom is 0.257 e. The molecule has 0 bridgehead atoms. The second-order valence-electron chi connectivity index (χ2n) is 3.79. The predicted octanol–water partition coefficient (Wildman–Crippen LogP) is 2.74. The van der Waals surface area contributed by atoms with Gasteiger partial charge in [-0.1, -0.05) is 22.0 Å². The van der Waals surface area contributed by atoms with Gasteiger partial charge in [0.05, 0.1) is 0 Å². The van der Waals surface area contributed by atoms with Gasteiger partial charge in [0.25, 0.3) is 5.91 Å². The van der Waals surface area contributed by atoms with Crippen molar-refractivity contribution in [2.75, 3.05) is 5.32 Å². The number of carbonyl (C=O) groups excluding carboxylic acids is 1. The van der Waals surface area contributed by atoms with E-state index in [4.69, 9.17) is 0 Å². The van der Waals surface area contributed by atoms with Crippen molar-refractivity contribution in [3.05, 3.63) is 46.1 Å². The Kier molecular flexibility index (Phi) is 3.28. The highest BCUT2D eigenvalue weighted by Crippen LogP contribution is 2.17. The van der Waals surface area contributed by atoms with Crippen LogP contribution in [0.15, 0.2) is 34.9 Å². The molecule has 0 unspecified atom stereocenters. The lowest BCUT2D eigenvalue weighted by molar-refractivity contribution is 0.102. The van der Waals surface area contributed by atoms with Crippen molar-refractivity contribution in [1.82, 2.24) is 9.78 Å². The fourth-order valence-corrected chi connectivity index (χ4v) is 1.87. The van der Waals surface area contributed by atoms with Crippen LogP contribution in [-0.2, 0) is 7.05 Å². The molecule has 0 aliphatic rings. The van der Waals surface area contributed by atoms with Crippen molar-refractivity contribution in [3.8, 4) is 0 Å². The van der Waals surface area contributed by atoms with E-state index >= 15 is 0 Å². The number of anilines is 1. The predicted molar refractivity (Wildman–Crippen MR) is 70.0 cm³/mol. The normalized spacial score (nSPS) is 10.3. The van der Waals surface area contributed by atoms with Crippen LogP contribution >= 0.6 is 15.9 Å². The largest absolute Gasteiger partial charge is 0.305 e. The third-order valence-corrected chi connectivity index (χ3v) is 2.89. The van der Waals surface area contributed by atoms with Crippen molar-refractivity contribution < 1.29 is 4.79 Å². The molecular formula is C12H12BrN3O. The average molecular weight is 294 g/mol. The van der Waals surface area contributed by atoms with Gasteiger partial charge in [-0.2, -0.15) is 5.10 Å². The Morgan fingerprint density at radius 2 is 2.18 bits per heavy atom. The number of nitrogens with zero attached hydrogens (tertiary/aromatic N) is 2. The van der Waals surface area contributed by atoms with Crippen LogP contribution < -0.4 is 5.32 Å². The molecule has 1 aromatic carbocycles. The lowest BCUT2D eigenvalue weighted by Crippen LogP contribution is -2.14. The molecule has 0 atom stereocenters. The van der Waals surface area contributed by atoms with Crippen molar-refractivity contribution >= 4 is 27.7 Å². The number of halogens is 1. The summed E-state index contributed by atoms with van der Waals surface area (Å²) >= 11 is 3.35. The Balaban J connectivity index is 2.22. The monoisotopic (exact) mass is 293 g/mol. The van der Waals surface area contributed by atoms with Crippen LogP contribution in [-0.4, -0.2) is 15.7 Å². The first kappa shape index (κ1) is 11.9. The lowest BCUT2D eigenvalue weighted by Gasteiger charge is -2.05. The molecule has 0 spiro atoms. The van der Waals surface area contributed by atoms with Crippen LogP contribution in [0.25, 0.3) is 0 Å². The van der Waals surface area contributed by atoms with Crippen LogP contribution in [0.1, 0.15) is 15.9 Å². The fourth-order valence-electron chi connectivity index (χ4n) is 1.50. The molecule has 1 N–H and O–H groups in total. The molecule has 5 heteroatoms. The Hall–Kier alpha value is -1.62. The number of aryl methyl sites for hydroxylation is 2. The molecule has 0 aliphatic heterocycles. The molecule has 0 radical (unpaired) electrons. The minimum atomic E-state index is -0.150. The number of benzene rings is 1. The van der Waals surface area contributed by atoms with Crippen LogP contribution in [0, 0.1) is 6.92 Å². The first-order valence-corrected chi connectivity index (χ1v) is 5.93. The Morgan fingerprint density at radius 3 is 2.82 bits per heavy atom. The summed E-state index contributed by atoms with van der Waals surface area (Å²) in [5.41, 5.74) is 1.58. The summed E-state index contributed by atoms with van der Waals surface area (Å²) < 4.78 is 2.53. The van der Waals surface area contributed by atoms with Crippen LogP contribution in [0.3, 0.4) is 0 Å². The summed E-state index contributed by atoms with van der Waals surface area (Å²) in [4.78, 5) is 12.0. The zero-order valence-electron chi connectivity index (χ0n) is 9.57. The number of nitrogens with one attached hydrogen (secondary N) is 1. The van der Waals surface area contributed by atoms with E-state index in [1.807, 2.05) is 19.1 Å². The van der Waals surface area contributed by atoms with Crippen LogP contribution in [0.5, 0.6) is 0 Å². The van der Waals surface area contributed by atoms with Gasteiger partial charge in [0.2, 0.25) is 0 Å². The topological polar surface area (TPSA) is 46.9 Å². The number of hydrogen-bond donors (Lipinski definition) is 1. The maximum atomic E-state index is 12.0. The highest BCUT2D eigenvalue weighted by Gasteiger charge is 2.10. The molecule has 1 amide bonds. The van der Waals surface area contributed by atoms with Crippen LogP contribution in [0.4, 0.5) is 5.82 Å². The van der Waals surface area contributed by atoms with Gasteiger partial charge in [-0.3, -0.25) is 9.48 Å². The summed E-state index contributed by atoms with van der Waals surface area (Å²) in [6.45, 7) is 1.90. The summed E-state index contributed by atoms with van der Waals surface area (Å²) in [5, 5.41) is 6.86. The van der Waals surface area contributed by atoms with Gasteiger partial charge in [0.15, 0.2) is 5.82 Å². The number of amides is 1. The Labute approximate surface area is 108 Å². The molecule has 0 aliphatic carbocycles. The molecule has 1 heterocycles. The summed E-state index contributed by atoms with van der Waals surface area (Å²) in [6.07, 6.45) is 1.78. The van der Waals surface area contributed by atoms with Crippen molar-refractivity contribution in [1.29, 1.82) is 0 Å². The second-order valence-corrected chi connectivity index (χ2v) is 4.70. The van der Waals surface area contributed by atoms with Gasteiger partial charge < -0.3 is 5.32 Å². The van der Waals surface area contributed by atoms with E-state index in [0.29, 0.717) is 11.4 Å². The zero-order chi connectivity index (χ0) is 12.4. The van der Waals surface area contributed by atoms with Crippen molar-refractivity contribution in [2.45, 2.75) is 6.92 Å². The third-order valence-electron chi connectivity index (χ3n) is 2.40. The summed E-state index contributed by atoms with van der Waals surface area (Å²) in [5.74, 6) is 0.402. The van der Waals surface area contributed by atoms with Gasteiger partial charge >= 0.3 is 0 Å². The van der Waals surface area contributed by atoms with Gasteiger partial charge in [0.1, 0.15) is 0 Å². The Morgan fingerprint density at radius 1 is 1.41 bits per heavy atom. The van der Waals surface area contributed by atoms with E-state index in [1.54, 1.807) is 30.1 Å². The van der Waals surface area contributed by atoms with E-state index in [1.165, 1.54) is 0 Å². The Bertz CT molecular complexity index is 563. The van der Waals surface area contributed by atoms with E-state index in [2.05, 4.69) is 26.3 Å². The summed E-state index contributed by atoms with van der Waals surface area (Å²) in [7, 11) is 1.81. The fraction of sp³-hybridized carbons (Fsp3) is 0.167. The minimum absolute atomic E-state index is 0.150. The molecule has 0 fully saturated rings. The van der Waals surface area contributed by atoms with Gasteiger partial charge in [-0.25, -0.2) is 0 Å². The van der Waals surface area contributed by atoms with E-state index in [9.17, 15) is 4.79 Å². The second kappa shape index (κ2) is 4.71. The molecule has 0 saturated carbocycles. The van der Waals surface area contributed by atoms with E-state index in [0.717, 1.165) is 10.0 Å². The molecule has 88 valence electrons. The highest BCUT2D eigenvalue weighted by molar-refractivity contribution is 9.10. The third kappa shape index (κ3) is 2.74. The standard InChI is InChI=1S/C12H12BrN3O/c1-8-3-4-9(13)7-10(8)12(17)14-11-5-6-16(2)15-11/h3-7H,1-2H3,(H,14,15,17). The molecular weight excluding hydrogens is 282 g/mol. The number of aromatic nitrogens is 2. The SMILES string of the molecule is Cc1ccc(Br)cc1C(=O)Nc1ccn(C)n1. The maximum absolute atomic E-state index is 12.0. The highest BCUT2D eigenvalue weighted by atomic mass is 79.9. The molecule has 2 rings (SSSR count). The zero-order valence-corrected chi connectivity index (χ0v) is 11.2. The van der Waals surface area contributed by atoms with E-state index < -0.39 is 0 Å². The summed E-state index contributed by atoms with van der Waals surface area (Å²) in [6, 6.07) is 7.36. The molecule has 1 aromatic heterocycles. The van der Waals surface area contributed by atoms with Crippen molar-refractivity contribution in [3.63, 3.8) is 0 Å². The van der Waals surface area contributed by atoms with Gasteiger partial charge in [-0.15, -0.1) is 0 Å².